The molecule has 0 aliphatic heterocycles. The van der Waals surface area contributed by atoms with Crippen LogP contribution >= 0.6 is 23.2 Å². The first-order valence-electron chi connectivity index (χ1n) is 4.31. The molecule has 0 aromatic rings. The van der Waals surface area contributed by atoms with Crippen LogP contribution in [0.25, 0.3) is 0 Å². The number of carbonyl (C=O) groups is 2. The molecule has 0 radical (unpaired) electrons. The molecule has 1 atom stereocenters. The van der Waals surface area contributed by atoms with Crippen LogP contribution in [0.3, 0.4) is 0 Å². The lowest BCUT2D eigenvalue weighted by molar-refractivity contribution is -0.143. The lowest BCUT2D eigenvalue weighted by atomic mass is 10.2. The summed E-state index contributed by atoms with van der Waals surface area (Å²) in [4.78, 5) is 22.2. The third-order valence-corrected chi connectivity index (χ3v) is 3.50. The molecule has 2 aliphatic carbocycles. The number of carboxylic acid groups (broad SMARTS) is 1. The summed E-state index contributed by atoms with van der Waals surface area (Å²) in [5.74, 6) is -1.79. The normalized spacial score (nSPS) is 30.6. The van der Waals surface area contributed by atoms with Crippen LogP contribution in [0.2, 0.25) is 0 Å². The van der Waals surface area contributed by atoms with Crippen molar-refractivity contribution >= 4 is 35.1 Å². The molecule has 0 heterocycles. The number of nitrogens with one attached hydrogen (secondary N) is 1. The van der Waals surface area contributed by atoms with E-state index in [4.69, 9.17) is 28.3 Å². The van der Waals surface area contributed by atoms with Gasteiger partial charge in [-0.1, -0.05) is 0 Å². The summed E-state index contributed by atoms with van der Waals surface area (Å²) in [7, 11) is 0. The van der Waals surface area contributed by atoms with Gasteiger partial charge in [0, 0.05) is 0 Å². The largest absolute Gasteiger partial charge is 0.480 e. The summed E-state index contributed by atoms with van der Waals surface area (Å²) in [5.41, 5.74) is -1.04. The highest BCUT2D eigenvalue weighted by Gasteiger charge is 2.60. The SMILES string of the molecule is O=C(NC1(C(=O)O)CC1)C1CC1(Cl)Cl. The van der Waals surface area contributed by atoms with E-state index < -0.39 is 21.8 Å². The number of carbonyl (C=O) groups excluding carboxylic acids is 1. The monoisotopic (exact) mass is 237 g/mol. The maximum Gasteiger partial charge on any atom is 0.329 e. The van der Waals surface area contributed by atoms with Gasteiger partial charge >= 0.3 is 5.97 Å². The molecule has 2 rings (SSSR count). The Labute approximate surface area is 90.6 Å². The van der Waals surface area contributed by atoms with Crippen molar-refractivity contribution in [1.82, 2.24) is 5.32 Å². The Hall–Kier alpha value is -0.480. The fourth-order valence-corrected chi connectivity index (χ4v) is 1.84. The van der Waals surface area contributed by atoms with Gasteiger partial charge in [0.25, 0.3) is 0 Å². The number of hydrogen-bond acceptors (Lipinski definition) is 2. The van der Waals surface area contributed by atoms with E-state index in [1.807, 2.05) is 0 Å². The van der Waals surface area contributed by atoms with Crippen LogP contribution in [0.15, 0.2) is 0 Å². The van der Waals surface area contributed by atoms with Crippen LogP contribution < -0.4 is 5.32 Å². The van der Waals surface area contributed by atoms with Gasteiger partial charge in [-0.05, 0) is 19.3 Å². The summed E-state index contributed by atoms with van der Waals surface area (Å²) in [5, 5.41) is 11.3. The molecule has 78 valence electrons. The van der Waals surface area contributed by atoms with Crippen LogP contribution in [0.1, 0.15) is 19.3 Å². The Morgan fingerprint density at radius 2 is 1.86 bits per heavy atom. The number of hydrogen-bond donors (Lipinski definition) is 2. The number of rotatable bonds is 3. The number of carboxylic acids is 1. The number of alkyl halides is 2. The smallest absolute Gasteiger partial charge is 0.329 e. The van der Waals surface area contributed by atoms with Crippen molar-refractivity contribution < 1.29 is 14.7 Å². The van der Waals surface area contributed by atoms with Gasteiger partial charge in [-0.2, -0.15) is 0 Å². The highest BCUT2D eigenvalue weighted by molar-refractivity contribution is 6.52. The van der Waals surface area contributed by atoms with Crippen LogP contribution in [0, 0.1) is 5.92 Å². The standard InChI is InChI=1S/C8H9Cl2NO3/c9-8(10)3-4(8)5(12)11-7(1-2-7)6(13)14/h4H,1-3H2,(H,11,12)(H,13,14). The minimum absolute atomic E-state index is 0.352. The highest BCUT2D eigenvalue weighted by atomic mass is 35.5. The molecule has 14 heavy (non-hydrogen) atoms. The third-order valence-electron chi connectivity index (χ3n) is 2.66. The second-order valence-corrected chi connectivity index (χ2v) is 5.44. The molecule has 4 nitrogen and oxygen atoms in total. The zero-order valence-electron chi connectivity index (χ0n) is 7.22. The summed E-state index contributed by atoms with van der Waals surface area (Å²) in [6.07, 6.45) is 1.37. The lowest BCUT2D eigenvalue weighted by Crippen LogP contribution is -2.44. The molecule has 0 aromatic heterocycles. The van der Waals surface area contributed by atoms with Crippen LogP contribution in [0.5, 0.6) is 0 Å². The van der Waals surface area contributed by atoms with E-state index in [0.717, 1.165) is 0 Å². The molecule has 2 aliphatic rings. The second-order valence-electron chi connectivity index (χ2n) is 3.89. The Morgan fingerprint density at radius 3 is 2.14 bits per heavy atom. The summed E-state index contributed by atoms with van der Waals surface area (Å²) in [6, 6.07) is 0. The number of halogens is 2. The Bertz CT molecular complexity index is 312. The van der Waals surface area contributed by atoms with E-state index in [0.29, 0.717) is 19.3 Å². The zero-order chi connectivity index (χ0) is 10.6. The van der Waals surface area contributed by atoms with E-state index in [1.165, 1.54) is 0 Å². The predicted octanol–water partition coefficient (Wildman–Crippen LogP) is 0.914. The number of amides is 1. The van der Waals surface area contributed by atoms with Gasteiger partial charge in [-0.3, -0.25) is 4.79 Å². The molecular formula is C8H9Cl2NO3. The zero-order valence-corrected chi connectivity index (χ0v) is 8.73. The van der Waals surface area contributed by atoms with E-state index in [1.54, 1.807) is 0 Å². The van der Waals surface area contributed by atoms with Gasteiger partial charge < -0.3 is 10.4 Å². The first-order valence-corrected chi connectivity index (χ1v) is 5.06. The maximum absolute atomic E-state index is 11.4. The van der Waals surface area contributed by atoms with Crippen molar-refractivity contribution in [3.8, 4) is 0 Å². The van der Waals surface area contributed by atoms with Gasteiger partial charge in [0.2, 0.25) is 5.91 Å². The Morgan fingerprint density at radius 1 is 1.36 bits per heavy atom. The Kier molecular flexibility index (Phi) is 1.98. The van der Waals surface area contributed by atoms with Crippen molar-refractivity contribution in [2.24, 2.45) is 5.92 Å². The minimum Gasteiger partial charge on any atom is -0.480 e. The first-order chi connectivity index (χ1) is 6.37. The van der Waals surface area contributed by atoms with Crippen molar-refractivity contribution in [2.45, 2.75) is 29.1 Å². The second kappa shape index (κ2) is 2.76. The molecule has 0 saturated heterocycles. The highest BCUT2D eigenvalue weighted by Crippen LogP contribution is 2.53. The van der Waals surface area contributed by atoms with E-state index in [9.17, 15) is 9.59 Å². The predicted molar refractivity (Wildman–Crippen MR) is 50.3 cm³/mol. The molecular weight excluding hydrogens is 229 g/mol. The van der Waals surface area contributed by atoms with Crippen LogP contribution in [-0.2, 0) is 9.59 Å². The quantitative estimate of drug-likeness (QED) is 0.718. The van der Waals surface area contributed by atoms with Crippen molar-refractivity contribution in [2.75, 3.05) is 0 Å². The van der Waals surface area contributed by atoms with Gasteiger partial charge in [-0.15, -0.1) is 23.2 Å². The molecule has 2 N–H and O–H groups in total. The molecule has 0 bridgehead atoms. The lowest BCUT2D eigenvalue weighted by Gasteiger charge is -2.12. The summed E-state index contributed by atoms with van der Waals surface area (Å²) >= 11 is 11.4. The van der Waals surface area contributed by atoms with Crippen molar-refractivity contribution in [1.29, 1.82) is 0 Å². The van der Waals surface area contributed by atoms with Gasteiger partial charge in [0.15, 0.2) is 0 Å². The van der Waals surface area contributed by atoms with Crippen molar-refractivity contribution in [3.63, 3.8) is 0 Å². The topological polar surface area (TPSA) is 66.4 Å². The molecule has 2 saturated carbocycles. The molecule has 0 aromatic carbocycles. The summed E-state index contributed by atoms with van der Waals surface area (Å²) < 4.78 is -0.987. The van der Waals surface area contributed by atoms with Crippen LogP contribution in [0.4, 0.5) is 0 Å². The summed E-state index contributed by atoms with van der Waals surface area (Å²) in [6.45, 7) is 0. The minimum atomic E-state index is -1.04. The van der Waals surface area contributed by atoms with Crippen molar-refractivity contribution in [3.05, 3.63) is 0 Å². The maximum atomic E-state index is 11.4. The third kappa shape index (κ3) is 1.57. The average molecular weight is 238 g/mol. The van der Waals surface area contributed by atoms with E-state index >= 15 is 0 Å². The molecule has 1 amide bonds. The molecule has 1 unspecified atom stereocenters. The Balaban J connectivity index is 1.93. The number of aliphatic carboxylic acids is 1. The average Bonchev–Trinajstić information content (AvgIpc) is 2.89. The molecule has 0 spiro atoms. The van der Waals surface area contributed by atoms with Crippen LogP contribution in [-0.4, -0.2) is 26.9 Å². The molecule has 2 fully saturated rings. The fourth-order valence-electron chi connectivity index (χ4n) is 1.34. The van der Waals surface area contributed by atoms with Gasteiger partial charge in [-0.25, -0.2) is 4.79 Å². The van der Waals surface area contributed by atoms with Gasteiger partial charge in [0.1, 0.15) is 9.87 Å². The fraction of sp³-hybridized carbons (Fsp3) is 0.750. The van der Waals surface area contributed by atoms with E-state index in [2.05, 4.69) is 5.32 Å². The first kappa shape index (κ1) is 10.1. The van der Waals surface area contributed by atoms with Gasteiger partial charge in [0.05, 0.1) is 5.92 Å². The molecule has 6 heteroatoms. The van der Waals surface area contributed by atoms with E-state index in [-0.39, 0.29) is 5.91 Å².